The largest absolute Gasteiger partial charge is 0.482 e. The van der Waals surface area contributed by atoms with E-state index >= 15 is 0 Å². The van der Waals surface area contributed by atoms with Gasteiger partial charge in [0.1, 0.15) is 11.4 Å². The van der Waals surface area contributed by atoms with Crippen LogP contribution in [0.25, 0.3) is 0 Å². The molecule has 0 fully saturated rings. The summed E-state index contributed by atoms with van der Waals surface area (Å²) < 4.78 is 5.42. The number of carbonyl (C=O) groups excluding carboxylic acids is 1. The summed E-state index contributed by atoms with van der Waals surface area (Å²) in [6, 6.07) is 15.6. The molecule has 3 rings (SSSR count). The summed E-state index contributed by atoms with van der Waals surface area (Å²) in [6.45, 7) is -0.235. The summed E-state index contributed by atoms with van der Waals surface area (Å²) in [5.74, 6) is 5.91. The third-order valence-corrected chi connectivity index (χ3v) is 4.50. The molecule has 0 atom stereocenters. The molecule has 0 aliphatic carbocycles. The van der Waals surface area contributed by atoms with Crippen LogP contribution in [0.2, 0.25) is 15.1 Å². The zero-order valence-electron chi connectivity index (χ0n) is 14.4. The van der Waals surface area contributed by atoms with Crippen molar-refractivity contribution in [1.29, 1.82) is 0 Å². The summed E-state index contributed by atoms with van der Waals surface area (Å²) in [5.41, 5.74) is 2.02. The fraction of sp³-hybridized carbons (Fsp3) is 0.0476. The van der Waals surface area contributed by atoms with Gasteiger partial charge >= 0.3 is 0 Å². The zero-order valence-corrected chi connectivity index (χ0v) is 16.6. The topological polar surface area (TPSA) is 51.2 Å². The average Bonchev–Trinajstić information content (AvgIpc) is 2.69. The lowest BCUT2D eigenvalue weighted by Crippen LogP contribution is -2.20. The molecule has 0 aliphatic rings. The number of hydrogen-bond donors (Lipinski definition) is 1. The van der Waals surface area contributed by atoms with Gasteiger partial charge in [-0.1, -0.05) is 52.9 Å². The minimum absolute atomic E-state index is 0.235. The van der Waals surface area contributed by atoms with Crippen LogP contribution >= 0.6 is 34.8 Å². The number of nitrogens with zero attached hydrogens (tertiary/aromatic N) is 1. The van der Waals surface area contributed by atoms with Gasteiger partial charge in [0.15, 0.2) is 6.61 Å². The van der Waals surface area contributed by atoms with E-state index in [0.717, 1.165) is 5.56 Å². The number of hydrogen-bond acceptors (Lipinski definition) is 3. The molecule has 7 heteroatoms. The van der Waals surface area contributed by atoms with Crippen LogP contribution < -0.4 is 10.1 Å². The number of ether oxygens (including phenoxy) is 1. The molecule has 1 heterocycles. The number of aromatic nitrogens is 1. The Bertz CT molecular complexity index is 1060. The molecule has 3 aromatic rings. The third kappa shape index (κ3) is 5.64. The van der Waals surface area contributed by atoms with Crippen LogP contribution in [0.1, 0.15) is 11.3 Å². The lowest BCUT2D eigenvalue weighted by molar-refractivity contribution is -0.118. The van der Waals surface area contributed by atoms with E-state index in [9.17, 15) is 4.79 Å². The summed E-state index contributed by atoms with van der Waals surface area (Å²) >= 11 is 17.8. The highest BCUT2D eigenvalue weighted by Gasteiger charge is 2.10. The molecule has 0 spiro atoms. The predicted octanol–water partition coefficient (Wildman–Crippen LogP) is 5.46. The van der Waals surface area contributed by atoms with E-state index < -0.39 is 0 Å². The summed E-state index contributed by atoms with van der Waals surface area (Å²) in [5, 5.41) is 3.62. The second-order valence-corrected chi connectivity index (χ2v) is 6.80. The van der Waals surface area contributed by atoms with Crippen molar-refractivity contribution in [1.82, 2.24) is 4.98 Å². The lowest BCUT2D eigenvalue weighted by Gasteiger charge is -2.10. The number of rotatable bonds is 4. The van der Waals surface area contributed by atoms with Crippen molar-refractivity contribution >= 4 is 46.4 Å². The smallest absolute Gasteiger partial charge is 0.262 e. The summed E-state index contributed by atoms with van der Waals surface area (Å²) in [7, 11) is 0. The molecule has 1 aromatic heterocycles. The van der Waals surface area contributed by atoms with E-state index in [1.54, 1.807) is 24.4 Å². The molecule has 1 amide bonds. The molecule has 4 nitrogen and oxygen atoms in total. The van der Waals surface area contributed by atoms with Crippen LogP contribution in [0.5, 0.6) is 5.75 Å². The van der Waals surface area contributed by atoms with Gasteiger partial charge in [-0.2, -0.15) is 0 Å². The minimum Gasteiger partial charge on any atom is -0.482 e. The van der Waals surface area contributed by atoms with Crippen LogP contribution in [-0.4, -0.2) is 17.5 Å². The second-order valence-electron chi connectivity index (χ2n) is 5.58. The Morgan fingerprint density at radius 2 is 1.79 bits per heavy atom. The Hall–Kier alpha value is -2.71. The van der Waals surface area contributed by atoms with Crippen LogP contribution in [0.3, 0.4) is 0 Å². The minimum atomic E-state index is -0.350. The first-order valence-electron chi connectivity index (χ1n) is 8.11. The van der Waals surface area contributed by atoms with E-state index in [2.05, 4.69) is 22.1 Å². The molecule has 2 aromatic carbocycles. The van der Waals surface area contributed by atoms with Crippen LogP contribution in [-0.2, 0) is 4.79 Å². The van der Waals surface area contributed by atoms with Gasteiger partial charge in [-0.3, -0.25) is 4.79 Å². The fourth-order valence-electron chi connectivity index (χ4n) is 2.20. The first kappa shape index (κ1) is 20.0. The van der Waals surface area contributed by atoms with Crippen molar-refractivity contribution in [3.05, 3.63) is 87.1 Å². The van der Waals surface area contributed by atoms with Gasteiger partial charge in [-0.25, -0.2) is 4.98 Å². The van der Waals surface area contributed by atoms with Gasteiger partial charge < -0.3 is 10.1 Å². The average molecular weight is 432 g/mol. The van der Waals surface area contributed by atoms with E-state index in [0.29, 0.717) is 21.4 Å². The van der Waals surface area contributed by atoms with Crippen LogP contribution in [0, 0.1) is 11.8 Å². The number of carbonyl (C=O) groups is 1. The Kier molecular flexibility index (Phi) is 6.78. The van der Waals surface area contributed by atoms with Gasteiger partial charge in [0.25, 0.3) is 5.91 Å². The Balaban J connectivity index is 1.62. The molecule has 0 saturated heterocycles. The van der Waals surface area contributed by atoms with Gasteiger partial charge in [0, 0.05) is 23.5 Å². The molecule has 0 saturated carbocycles. The molecule has 0 bridgehead atoms. The summed E-state index contributed by atoms with van der Waals surface area (Å²) in [4.78, 5) is 16.3. The SMILES string of the molecule is O=C(COc1cc(Cl)c(Cl)cc1Cl)Nc1cccc(C#Cc2ccccn2)c1. The highest BCUT2D eigenvalue weighted by molar-refractivity contribution is 6.43. The van der Waals surface area contributed by atoms with Gasteiger partial charge in [-0.05, 0) is 42.3 Å². The Labute approximate surface area is 177 Å². The lowest BCUT2D eigenvalue weighted by atomic mass is 10.2. The van der Waals surface area contributed by atoms with E-state index in [-0.39, 0.29) is 23.3 Å². The molecule has 0 aliphatic heterocycles. The number of nitrogens with one attached hydrogen (secondary N) is 1. The van der Waals surface area contributed by atoms with Crippen molar-refractivity contribution in [2.75, 3.05) is 11.9 Å². The number of anilines is 1. The predicted molar refractivity (Wildman–Crippen MR) is 112 cm³/mol. The van der Waals surface area contributed by atoms with E-state index in [4.69, 9.17) is 39.5 Å². The number of pyridine rings is 1. The maximum Gasteiger partial charge on any atom is 0.262 e. The fourth-order valence-corrected chi connectivity index (χ4v) is 2.79. The first-order valence-corrected chi connectivity index (χ1v) is 9.25. The quantitative estimate of drug-likeness (QED) is 0.441. The van der Waals surface area contributed by atoms with Crippen molar-refractivity contribution in [3.63, 3.8) is 0 Å². The molecule has 28 heavy (non-hydrogen) atoms. The Morgan fingerprint density at radius 3 is 2.57 bits per heavy atom. The third-order valence-electron chi connectivity index (χ3n) is 3.48. The van der Waals surface area contributed by atoms with E-state index in [1.807, 2.05) is 24.3 Å². The standard InChI is InChI=1S/C21H13Cl3N2O2/c22-17-11-19(24)20(12-18(17)23)28-13-21(27)26-16-6-3-4-14(10-16)7-8-15-5-1-2-9-25-15/h1-6,9-12H,13H2,(H,26,27). The highest BCUT2D eigenvalue weighted by Crippen LogP contribution is 2.33. The molecule has 0 unspecified atom stereocenters. The monoisotopic (exact) mass is 430 g/mol. The van der Waals surface area contributed by atoms with Crippen molar-refractivity contribution in [2.45, 2.75) is 0 Å². The number of amides is 1. The van der Waals surface area contributed by atoms with E-state index in [1.165, 1.54) is 12.1 Å². The second kappa shape index (κ2) is 9.48. The Morgan fingerprint density at radius 1 is 0.964 bits per heavy atom. The number of halogens is 3. The molecule has 140 valence electrons. The normalized spacial score (nSPS) is 9.96. The zero-order chi connectivity index (χ0) is 19.9. The summed E-state index contributed by atoms with van der Waals surface area (Å²) in [6.07, 6.45) is 1.68. The van der Waals surface area contributed by atoms with Crippen LogP contribution in [0.4, 0.5) is 5.69 Å². The van der Waals surface area contributed by atoms with Crippen molar-refractivity contribution in [3.8, 4) is 17.6 Å². The van der Waals surface area contributed by atoms with Gasteiger partial charge in [0.05, 0.1) is 15.1 Å². The molecule has 1 N–H and O–H groups in total. The first-order chi connectivity index (χ1) is 13.5. The maximum atomic E-state index is 12.2. The molecule has 0 radical (unpaired) electrons. The highest BCUT2D eigenvalue weighted by atomic mass is 35.5. The van der Waals surface area contributed by atoms with Crippen LogP contribution in [0.15, 0.2) is 60.8 Å². The van der Waals surface area contributed by atoms with Gasteiger partial charge in [-0.15, -0.1) is 0 Å². The van der Waals surface area contributed by atoms with Gasteiger partial charge in [0.2, 0.25) is 0 Å². The maximum absolute atomic E-state index is 12.2. The van der Waals surface area contributed by atoms with Crippen molar-refractivity contribution in [2.24, 2.45) is 0 Å². The molecular weight excluding hydrogens is 419 g/mol. The van der Waals surface area contributed by atoms with Crippen molar-refractivity contribution < 1.29 is 9.53 Å². The molecular formula is C21H13Cl3N2O2. The number of benzene rings is 2.